The van der Waals surface area contributed by atoms with E-state index in [9.17, 15) is 8.42 Å². The van der Waals surface area contributed by atoms with Gasteiger partial charge in [-0.25, -0.2) is 13.4 Å². The van der Waals surface area contributed by atoms with Gasteiger partial charge in [-0.3, -0.25) is 0 Å². The van der Waals surface area contributed by atoms with Gasteiger partial charge in [-0.15, -0.1) is 11.3 Å². The van der Waals surface area contributed by atoms with Crippen molar-refractivity contribution in [3.63, 3.8) is 0 Å². The molecule has 92 valence electrons. The van der Waals surface area contributed by atoms with Crippen molar-refractivity contribution in [2.24, 2.45) is 0 Å². The zero-order valence-electron chi connectivity index (χ0n) is 9.64. The molecular weight excluding hydrogens is 244 g/mol. The number of aromatic nitrogens is 1. The predicted molar refractivity (Wildman–Crippen MR) is 67.5 cm³/mol. The molecule has 0 bridgehead atoms. The first-order valence-corrected chi connectivity index (χ1v) is 8.08. The van der Waals surface area contributed by atoms with Crippen LogP contribution in [0.15, 0.2) is 11.6 Å². The lowest BCUT2D eigenvalue weighted by Crippen LogP contribution is -2.22. The number of nitrogens with one attached hydrogen (secondary N) is 1. The lowest BCUT2D eigenvalue weighted by atomic mass is 10.3. The number of rotatable bonds is 7. The van der Waals surface area contributed by atoms with Crippen LogP contribution >= 0.6 is 11.3 Å². The van der Waals surface area contributed by atoms with E-state index in [1.807, 2.05) is 12.3 Å². The van der Waals surface area contributed by atoms with Crippen molar-refractivity contribution < 1.29 is 8.42 Å². The first kappa shape index (κ1) is 13.6. The van der Waals surface area contributed by atoms with E-state index in [2.05, 4.69) is 10.3 Å². The van der Waals surface area contributed by atoms with Gasteiger partial charge in [0.2, 0.25) is 0 Å². The van der Waals surface area contributed by atoms with E-state index in [0.717, 1.165) is 5.01 Å². The first-order chi connectivity index (χ1) is 7.55. The van der Waals surface area contributed by atoms with Crippen LogP contribution in [0.2, 0.25) is 0 Å². The van der Waals surface area contributed by atoms with Crippen molar-refractivity contribution in [2.45, 2.75) is 26.3 Å². The van der Waals surface area contributed by atoms with Crippen LogP contribution in [0.5, 0.6) is 0 Å². The summed E-state index contributed by atoms with van der Waals surface area (Å²) in [6, 6.07) is 0.198. The summed E-state index contributed by atoms with van der Waals surface area (Å²) >= 11 is 1.61. The molecule has 0 amide bonds. The van der Waals surface area contributed by atoms with Gasteiger partial charge in [0.25, 0.3) is 0 Å². The van der Waals surface area contributed by atoms with Gasteiger partial charge in [0.1, 0.15) is 14.8 Å². The third kappa shape index (κ3) is 4.59. The zero-order valence-corrected chi connectivity index (χ0v) is 11.3. The second kappa shape index (κ2) is 6.32. The second-order valence-corrected chi connectivity index (χ2v) is 7.03. The molecule has 1 atom stereocenters. The Morgan fingerprint density at radius 3 is 2.88 bits per heavy atom. The third-order valence-corrected chi connectivity index (χ3v) is 5.09. The van der Waals surface area contributed by atoms with E-state index in [0.29, 0.717) is 13.0 Å². The molecule has 0 aliphatic heterocycles. The van der Waals surface area contributed by atoms with E-state index in [1.165, 1.54) is 0 Å². The molecule has 1 rings (SSSR count). The number of nitrogens with zero attached hydrogens (tertiary/aromatic N) is 1. The summed E-state index contributed by atoms with van der Waals surface area (Å²) in [4.78, 5) is 4.20. The average Bonchev–Trinajstić information content (AvgIpc) is 2.77. The fourth-order valence-electron chi connectivity index (χ4n) is 1.29. The van der Waals surface area contributed by atoms with Gasteiger partial charge in [0, 0.05) is 17.3 Å². The lowest BCUT2D eigenvalue weighted by Gasteiger charge is -2.10. The molecule has 16 heavy (non-hydrogen) atoms. The molecule has 4 nitrogen and oxygen atoms in total. The maximum Gasteiger partial charge on any atom is 0.150 e. The van der Waals surface area contributed by atoms with Crippen molar-refractivity contribution in [1.29, 1.82) is 0 Å². The summed E-state index contributed by atoms with van der Waals surface area (Å²) in [5.74, 6) is 0.496. The zero-order chi connectivity index (χ0) is 12.0. The van der Waals surface area contributed by atoms with Crippen LogP contribution in [-0.2, 0) is 9.84 Å². The van der Waals surface area contributed by atoms with E-state index in [-0.39, 0.29) is 17.5 Å². The number of sulfone groups is 1. The molecule has 1 heterocycles. The summed E-state index contributed by atoms with van der Waals surface area (Å²) in [6.07, 6.45) is 2.44. The van der Waals surface area contributed by atoms with Crippen LogP contribution in [0.1, 0.15) is 31.3 Å². The second-order valence-electron chi connectivity index (χ2n) is 3.64. The molecule has 0 aliphatic carbocycles. The fraction of sp³-hybridized carbons (Fsp3) is 0.700. The van der Waals surface area contributed by atoms with Crippen molar-refractivity contribution in [3.05, 3.63) is 16.6 Å². The molecule has 1 aromatic heterocycles. The van der Waals surface area contributed by atoms with Crippen LogP contribution in [0.25, 0.3) is 0 Å². The Morgan fingerprint density at radius 2 is 2.31 bits per heavy atom. The molecule has 0 saturated carbocycles. The molecule has 1 N–H and O–H groups in total. The highest BCUT2D eigenvalue weighted by Crippen LogP contribution is 2.14. The van der Waals surface area contributed by atoms with E-state index in [4.69, 9.17) is 0 Å². The molecule has 1 unspecified atom stereocenters. The van der Waals surface area contributed by atoms with Crippen molar-refractivity contribution in [3.8, 4) is 0 Å². The number of hydrogen-bond donors (Lipinski definition) is 1. The molecule has 6 heteroatoms. The Hall–Kier alpha value is -0.460. The van der Waals surface area contributed by atoms with Crippen LogP contribution in [-0.4, -0.2) is 31.5 Å². The third-order valence-electron chi connectivity index (χ3n) is 2.34. The Kier molecular flexibility index (Phi) is 5.37. The maximum absolute atomic E-state index is 11.2. The van der Waals surface area contributed by atoms with Crippen LogP contribution in [0.3, 0.4) is 0 Å². The predicted octanol–water partition coefficient (Wildman–Crippen LogP) is 1.62. The van der Waals surface area contributed by atoms with Gasteiger partial charge >= 0.3 is 0 Å². The minimum atomic E-state index is -2.82. The topological polar surface area (TPSA) is 59.1 Å². The quantitative estimate of drug-likeness (QED) is 0.759. The average molecular weight is 262 g/mol. The van der Waals surface area contributed by atoms with Gasteiger partial charge in [-0.2, -0.15) is 0 Å². The maximum atomic E-state index is 11.2. The monoisotopic (exact) mass is 262 g/mol. The summed E-state index contributed by atoms with van der Waals surface area (Å²) in [6.45, 7) is 4.42. The Labute approximate surface area is 101 Å². The standard InChI is InChI=1S/C10H18N2O2S2/c1-3-16(13,14)8-4-5-11-9(2)10-12-6-7-15-10/h6-7,9,11H,3-5,8H2,1-2H3. The molecular formula is C10H18N2O2S2. The van der Waals surface area contributed by atoms with Crippen LogP contribution < -0.4 is 5.32 Å². The van der Waals surface area contributed by atoms with Gasteiger partial charge in [-0.1, -0.05) is 6.92 Å². The van der Waals surface area contributed by atoms with Crippen LogP contribution in [0, 0.1) is 0 Å². The summed E-state index contributed by atoms with van der Waals surface area (Å²) in [7, 11) is -2.82. The summed E-state index contributed by atoms with van der Waals surface area (Å²) in [5.41, 5.74) is 0. The molecule has 1 aromatic rings. The Bertz CT molecular complexity index is 387. The molecule has 0 spiro atoms. The SMILES string of the molecule is CCS(=O)(=O)CCCNC(C)c1nccs1. The Morgan fingerprint density at radius 1 is 1.56 bits per heavy atom. The van der Waals surface area contributed by atoms with Crippen LogP contribution in [0.4, 0.5) is 0 Å². The Balaban J connectivity index is 2.22. The summed E-state index contributed by atoms with van der Waals surface area (Å²) in [5, 5.41) is 6.24. The van der Waals surface area contributed by atoms with E-state index >= 15 is 0 Å². The fourth-order valence-corrected chi connectivity index (χ4v) is 2.83. The van der Waals surface area contributed by atoms with Gasteiger partial charge in [0.05, 0.1) is 11.8 Å². The van der Waals surface area contributed by atoms with Crippen molar-refractivity contribution in [2.75, 3.05) is 18.1 Å². The largest absolute Gasteiger partial charge is 0.308 e. The summed E-state index contributed by atoms with van der Waals surface area (Å²) < 4.78 is 22.5. The number of hydrogen-bond acceptors (Lipinski definition) is 5. The van der Waals surface area contributed by atoms with E-state index in [1.54, 1.807) is 24.5 Å². The highest BCUT2D eigenvalue weighted by molar-refractivity contribution is 7.91. The lowest BCUT2D eigenvalue weighted by molar-refractivity contribution is 0.559. The van der Waals surface area contributed by atoms with Gasteiger partial charge in [0.15, 0.2) is 0 Å². The molecule has 0 aromatic carbocycles. The van der Waals surface area contributed by atoms with Crippen molar-refractivity contribution in [1.82, 2.24) is 10.3 Å². The number of thiazole rings is 1. The smallest absolute Gasteiger partial charge is 0.150 e. The van der Waals surface area contributed by atoms with E-state index < -0.39 is 9.84 Å². The molecule has 0 fully saturated rings. The molecule has 0 aliphatic rings. The van der Waals surface area contributed by atoms with Gasteiger partial charge < -0.3 is 5.32 Å². The minimum absolute atomic E-state index is 0.198. The molecule has 0 radical (unpaired) electrons. The minimum Gasteiger partial charge on any atom is -0.308 e. The highest BCUT2D eigenvalue weighted by Gasteiger charge is 2.09. The first-order valence-electron chi connectivity index (χ1n) is 5.38. The van der Waals surface area contributed by atoms with Crippen molar-refractivity contribution >= 4 is 21.2 Å². The van der Waals surface area contributed by atoms with Gasteiger partial charge in [-0.05, 0) is 19.9 Å². The molecule has 0 saturated heterocycles. The highest BCUT2D eigenvalue weighted by atomic mass is 32.2. The normalized spacial score (nSPS) is 13.9.